The third-order valence-corrected chi connectivity index (χ3v) is 4.34. The Balaban J connectivity index is 1.52. The number of carbonyl (C=O) groups is 1. The van der Waals surface area contributed by atoms with Crippen molar-refractivity contribution in [2.45, 2.75) is 6.61 Å². The highest BCUT2D eigenvalue weighted by molar-refractivity contribution is 6.31. The van der Waals surface area contributed by atoms with Crippen LogP contribution in [0.5, 0.6) is 5.75 Å². The molecule has 4 nitrogen and oxygen atoms in total. The number of nitrogens with zero attached hydrogens (tertiary/aromatic N) is 1. The summed E-state index contributed by atoms with van der Waals surface area (Å²) in [5, 5.41) is 5.21. The molecule has 0 saturated heterocycles. The fourth-order valence-corrected chi connectivity index (χ4v) is 2.57. The topological polar surface area (TPSA) is 50.7 Å². The zero-order valence-electron chi connectivity index (χ0n) is 14.2. The predicted molar refractivity (Wildman–Crippen MR) is 109 cm³/mol. The molecule has 0 aromatic heterocycles. The molecule has 3 rings (SSSR count). The Bertz CT molecular complexity index is 939. The molecule has 0 saturated carbocycles. The minimum absolute atomic E-state index is 0.303. The quantitative estimate of drug-likeness (QED) is 0.450. The van der Waals surface area contributed by atoms with Crippen LogP contribution in [0.4, 0.5) is 0 Å². The first-order chi connectivity index (χ1) is 13.1. The van der Waals surface area contributed by atoms with E-state index in [0.29, 0.717) is 22.2 Å². The molecule has 0 fully saturated rings. The van der Waals surface area contributed by atoms with Gasteiger partial charge < -0.3 is 4.74 Å². The van der Waals surface area contributed by atoms with E-state index in [1.165, 1.54) is 0 Å². The highest BCUT2D eigenvalue weighted by atomic mass is 35.5. The zero-order chi connectivity index (χ0) is 19.1. The molecular weight excluding hydrogens is 383 g/mol. The Morgan fingerprint density at radius 3 is 2.37 bits per heavy atom. The van der Waals surface area contributed by atoms with Crippen molar-refractivity contribution in [1.29, 1.82) is 0 Å². The van der Waals surface area contributed by atoms with Crippen LogP contribution in [-0.4, -0.2) is 12.1 Å². The van der Waals surface area contributed by atoms with Crippen LogP contribution in [0.3, 0.4) is 0 Å². The van der Waals surface area contributed by atoms with Crippen molar-refractivity contribution in [3.63, 3.8) is 0 Å². The summed E-state index contributed by atoms with van der Waals surface area (Å²) in [6, 6.07) is 21.5. The molecule has 27 heavy (non-hydrogen) atoms. The predicted octanol–water partition coefficient (Wildman–Crippen LogP) is 5.34. The number of hydrogen-bond acceptors (Lipinski definition) is 3. The van der Waals surface area contributed by atoms with Gasteiger partial charge in [0.2, 0.25) is 0 Å². The van der Waals surface area contributed by atoms with E-state index in [0.717, 1.165) is 16.9 Å². The third-order valence-electron chi connectivity index (χ3n) is 3.72. The van der Waals surface area contributed by atoms with Gasteiger partial charge >= 0.3 is 0 Å². The summed E-state index contributed by atoms with van der Waals surface area (Å²) in [6.45, 7) is 0.393. The monoisotopic (exact) mass is 398 g/mol. The fourth-order valence-electron chi connectivity index (χ4n) is 2.26. The van der Waals surface area contributed by atoms with Crippen LogP contribution in [0.25, 0.3) is 0 Å². The molecule has 0 bridgehead atoms. The molecule has 0 radical (unpaired) electrons. The van der Waals surface area contributed by atoms with Crippen LogP contribution in [-0.2, 0) is 6.61 Å². The van der Waals surface area contributed by atoms with Crippen molar-refractivity contribution in [2.75, 3.05) is 0 Å². The lowest BCUT2D eigenvalue weighted by Gasteiger charge is -2.07. The summed E-state index contributed by atoms with van der Waals surface area (Å²) in [7, 11) is 0. The Hall–Kier alpha value is -2.82. The first kappa shape index (κ1) is 19.0. The van der Waals surface area contributed by atoms with E-state index >= 15 is 0 Å². The molecule has 0 aliphatic carbocycles. The smallest absolute Gasteiger partial charge is 0.271 e. The lowest BCUT2D eigenvalue weighted by molar-refractivity contribution is 0.0955. The van der Waals surface area contributed by atoms with Crippen molar-refractivity contribution in [3.05, 3.63) is 99.5 Å². The van der Waals surface area contributed by atoms with Crippen molar-refractivity contribution in [3.8, 4) is 5.75 Å². The summed E-state index contributed by atoms with van der Waals surface area (Å²) in [6.07, 6.45) is 1.56. The van der Waals surface area contributed by atoms with E-state index in [-0.39, 0.29) is 5.91 Å². The van der Waals surface area contributed by atoms with Crippen molar-refractivity contribution in [2.24, 2.45) is 5.10 Å². The number of ether oxygens (including phenoxy) is 1. The summed E-state index contributed by atoms with van der Waals surface area (Å²) < 4.78 is 5.73. The number of hydrogen-bond donors (Lipinski definition) is 1. The lowest BCUT2D eigenvalue weighted by Crippen LogP contribution is -2.17. The number of nitrogens with one attached hydrogen (secondary N) is 1. The van der Waals surface area contributed by atoms with Crippen LogP contribution < -0.4 is 10.2 Å². The van der Waals surface area contributed by atoms with Crippen LogP contribution in [0, 0.1) is 0 Å². The largest absolute Gasteiger partial charge is 0.489 e. The van der Waals surface area contributed by atoms with Gasteiger partial charge in [-0.05, 0) is 60.2 Å². The van der Waals surface area contributed by atoms with Gasteiger partial charge in [-0.1, -0.05) is 41.4 Å². The molecule has 3 aromatic carbocycles. The molecule has 136 valence electrons. The van der Waals surface area contributed by atoms with Crippen LogP contribution in [0.2, 0.25) is 10.0 Å². The molecule has 0 atom stereocenters. The van der Waals surface area contributed by atoms with E-state index in [9.17, 15) is 4.79 Å². The van der Waals surface area contributed by atoms with Gasteiger partial charge in [-0.15, -0.1) is 0 Å². The second-order valence-corrected chi connectivity index (χ2v) is 6.50. The van der Waals surface area contributed by atoms with Gasteiger partial charge in [0.05, 0.1) is 6.21 Å². The van der Waals surface area contributed by atoms with Crippen LogP contribution >= 0.6 is 23.2 Å². The van der Waals surface area contributed by atoms with Crippen LogP contribution in [0.15, 0.2) is 77.9 Å². The average Bonchev–Trinajstić information content (AvgIpc) is 2.69. The summed E-state index contributed by atoms with van der Waals surface area (Å²) >= 11 is 11.9. The summed E-state index contributed by atoms with van der Waals surface area (Å²) in [5.41, 5.74) is 4.72. The molecule has 0 heterocycles. The van der Waals surface area contributed by atoms with Gasteiger partial charge in [0.25, 0.3) is 5.91 Å². The number of benzene rings is 3. The van der Waals surface area contributed by atoms with E-state index in [1.54, 1.807) is 30.5 Å². The molecule has 0 unspecified atom stereocenters. The first-order valence-electron chi connectivity index (χ1n) is 8.17. The fraction of sp³-hybridized carbons (Fsp3) is 0.0476. The molecule has 0 aliphatic rings. The molecule has 0 spiro atoms. The summed E-state index contributed by atoms with van der Waals surface area (Å²) in [4.78, 5) is 11.9. The Kier molecular flexibility index (Phi) is 6.47. The first-order valence-corrected chi connectivity index (χ1v) is 8.92. The van der Waals surface area contributed by atoms with Gasteiger partial charge in [-0.3, -0.25) is 4.79 Å². The van der Waals surface area contributed by atoms with Gasteiger partial charge in [0.15, 0.2) is 0 Å². The molecule has 1 amide bonds. The van der Waals surface area contributed by atoms with Gasteiger partial charge in [0.1, 0.15) is 12.4 Å². The standard InChI is InChI=1S/C21H16Cl2N2O2/c22-18-9-7-16(8-10-18)21(26)25-24-13-15-5-11-19(12-6-15)27-14-17-3-1-2-4-20(17)23/h1-13H,14H2,(H,25,26). The maximum Gasteiger partial charge on any atom is 0.271 e. The lowest BCUT2D eigenvalue weighted by atomic mass is 10.2. The highest BCUT2D eigenvalue weighted by Gasteiger charge is 2.03. The molecule has 1 N–H and O–H groups in total. The maximum atomic E-state index is 11.9. The minimum Gasteiger partial charge on any atom is -0.489 e. The van der Waals surface area contributed by atoms with Crippen LogP contribution in [0.1, 0.15) is 21.5 Å². The number of amides is 1. The SMILES string of the molecule is O=C(NN=Cc1ccc(OCc2ccccc2Cl)cc1)c1ccc(Cl)cc1. The maximum absolute atomic E-state index is 11.9. The molecule has 6 heteroatoms. The zero-order valence-corrected chi connectivity index (χ0v) is 15.7. The highest BCUT2D eigenvalue weighted by Crippen LogP contribution is 2.18. The van der Waals surface area contributed by atoms with E-state index in [2.05, 4.69) is 10.5 Å². The molecule has 0 aliphatic heterocycles. The van der Waals surface area contributed by atoms with Gasteiger partial charge in [0, 0.05) is 21.2 Å². The Morgan fingerprint density at radius 2 is 1.67 bits per heavy atom. The van der Waals surface area contributed by atoms with E-state index < -0.39 is 0 Å². The minimum atomic E-state index is -0.303. The summed E-state index contributed by atoms with van der Waals surface area (Å²) in [5.74, 6) is 0.417. The number of rotatable bonds is 6. The van der Waals surface area contributed by atoms with Gasteiger partial charge in [-0.2, -0.15) is 5.10 Å². The average molecular weight is 399 g/mol. The number of carbonyl (C=O) groups excluding carboxylic acids is 1. The van der Waals surface area contributed by atoms with Crippen molar-refractivity contribution < 1.29 is 9.53 Å². The number of hydrazone groups is 1. The second kappa shape index (κ2) is 9.21. The Labute approximate surface area is 167 Å². The van der Waals surface area contributed by atoms with Crippen molar-refractivity contribution >= 4 is 35.3 Å². The molecular formula is C21H16Cl2N2O2. The third kappa shape index (κ3) is 5.58. The number of halogens is 2. The van der Waals surface area contributed by atoms with E-state index in [1.807, 2.05) is 48.5 Å². The second-order valence-electron chi connectivity index (χ2n) is 5.66. The van der Waals surface area contributed by atoms with Gasteiger partial charge in [-0.25, -0.2) is 5.43 Å². The Morgan fingerprint density at radius 1 is 0.963 bits per heavy atom. The normalized spacial score (nSPS) is 10.7. The molecule has 3 aromatic rings. The van der Waals surface area contributed by atoms with E-state index in [4.69, 9.17) is 27.9 Å². The van der Waals surface area contributed by atoms with Crippen molar-refractivity contribution in [1.82, 2.24) is 5.43 Å².